The first kappa shape index (κ1) is 11.6. The van der Waals surface area contributed by atoms with Gasteiger partial charge in [0.2, 0.25) is 0 Å². The largest absolute Gasteiger partial charge is 0.393 e. The second kappa shape index (κ2) is 5.46. The number of hydrogen-bond acceptors (Lipinski definition) is 2. The van der Waals surface area contributed by atoms with Crippen molar-refractivity contribution in [2.45, 2.75) is 45.0 Å². The molecule has 0 saturated heterocycles. The predicted octanol–water partition coefficient (Wildman–Crippen LogP) is 2.75. The van der Waals surface area contributed by atoms with Gasteiger partial charge in [-0.15, -0.1) is 0 Å². The van der Waals surface area contributed by atoms with E-state index in [1.54, 1.807) is 0 Å². The van der Waals surface area contributed by atoms with Crippen molar-refractivity contribution in [2.75, 3.05) is 0 Å². The minimum Gasteiger partial charge on any atom is -0.393 e. The van der Waals surface area contributed by atoms with E-state index in [0.717, 1.165) is 19.3 Å². The van der Waals surface area contributed by atoms with Gasteiger partial charge in [-0.3, -0.25) is 0 Å². The molecule has 2 heteroatoms. The third kappa shape index (κ3) is 3.06. The number of benzene rings is 1. The summed E-state index contributed by atoms with van der Waals surface area (Å²) in [5.74, 6) is 0.465. The van der Waals surface area contributed by atoms with Crippen molar-refractivity contribution in [2.24, 2.45) is 5.92 Å². The molecule has 0 heterocycles. The van der Waals surface area contributed by atoms with Crippen LogP contribution in [0, 0.1) is 5.92 Å². The van der Waals surface area contributed by atoms with E-state index >= 15 is 0 Å². The first-order valence-electron chi connectivity index (χ1n) is 6.09. The van der Waals surface area contributed by atoms with E-state index in [1.165, 1.54) is 5.56 Å². The van der Waals surface area contributed by atoms with Crippen LogP contribution in [0.4, 0.5) is 0 Å². The zero-order valence-electron chi connectivity index (χ0n) is 9.80. The monoisotopic (exact) mass is 220 g/mol. The Bertz CT molecular complexity index is 310. The van der Waals surface area contributed by atoms with Gasteiger partial charge in [-0.05, 0) is 30.7 Å². The van der Waals surface area contributed by atoms with Crippen molar-refractivity contribution in [3.8, 4) is 0 Å². The highest BCUT2D eigenvalue weighted by Crippen LogP contribution is 2.27. The maximum absolute atomic E-state index is 9.53. The van der Waals surface area contributed by atoms with Crippen LogP contribution in [0.2, 0.25) is 0 Å². The molecule has 1 N–H and O–H groups in total. The fraction of sp³-hybridized carbons (Fsp3) is 0.571. The van der Waals surface area contributed by atoms with E-state index < -0.39 is 0 Å². The van der Waals surface area contributed by atoms with Crippen molar-refractivity contribution in [3.05, 3.63) is 35.9 Å². The lowest BCUT2D eigenvalue weighted by molar-refractivity contribution is -0.0450. The second-order valence-electron chi connectivity index (χ2n) is 4.78. The molecule has 0 aromatic heterocycles. The van der Waals surface area contributed by atoms with Crippen molar-refractivity contribution < 1.29 is 9.84 Å². The molecule has 3 atom stereocenters. The van der Waals surface area contributed by atoms with Crippen LogP contribution < -0.4 is 0 Å². The molecule has 0 amide bonds. The Kier molecular flexibility index (Phi) is 3.97. The molecule has 1 aliphatic rings. The highest BCUT2D eigenvalue weighted by molar-refractivity contribution is 5.13. The van der Waals surface area contributed by atoms with Crippen LogP contribution >= 0.6 is 0 Å². The number of hydrogen-bond donors (Lipinski definition) is 1. The fourth-order valence-corrected chi connectivity index (χ4v) is 2.37. The van der Waals surface area contributed by atoms with E-state index in [9.17, 15) is 5.11 Å². The molecule has 0 bridgehead atoms. The van der Waals surface area contributed by atoms with Gasteiger partial charge in [0, 0.05) is 0 Å². The van der Waals surface area contributed by atoms with Gasteiger partial charge in [0.05, 0.1) is 18.8 Å². The van der Waals surface area contributed by atoms with Crippen LogP contribution in [0.5, 0.6) is 0 Å². The topological polar surface area (TPSA) is 29.5 Å². The summed E-state index contributed by atoms with van der Waals surface area (Å²) in [5.41, 5.74) is 1.22. The smallest absolute Gasteiger partial charge is 0.0720 e. The van der Waals surface area contributed by atoms with Crippen LogP contribution in [0.25, 0.3) is 0 Å². The zero-order chi connectivity index (χ0) is 11.4. The van der Waals surface area contributed by atoms with Gasteiger partial charge in [-0.1, -0.05) is 37.3 Å². The Balaban J connectivity index is 1.82. The number of ether oxygens (including phenoxy) is 1. The van der Waals surface area contributed by atoms with Crippen molar-refractivity contribution in [3.63, 3.8) is 0 Å². The third-order valence-electron chi connectivity index (χ3n) is 3.37. The molecule has 1 aromatic carbocycles. The van der Waals surface area contributed by atoms with Crippen LogP contribution in [0.3, 0.4) is 0 Å². The van der Waals surface area contributed by atoms with Crippen LogP contribution in [0.15, 0.2) is 30.3 Å². The van der Waals surface area contributed by atoms with E-state index in [2.05, 4.69) is 19.1 Å². The molecule has 1 fully saturated rings. The standard InChI is InChI=1S/C14H20O2/c1-11-9-13(15)7-8-14(11)16-10-12-5-3-2-4-6-12/h2-6,11,13-15H,7-10H2,1H3. The van der Waals surface area contributed by atoms with Gasteiger partial charge in [0.1, 0.15) is 0 Å². The van der Waals surface area contributed by atoms with Gasteiger partial charge in [-0.25, -0.2) is 0 Å². The maximum Gasteiger partial charge on any atom is 0.0720 e. The molecule has 2 nitrogen and oxygen atoms in total. The molecule has 0 aliphatic heterocycles. The molecule has 0 spiro atoms. The molecule has 16 heavy (non-hydrogen) atoms. The van der Waals surface area contributed by atoms with Crippen LogP contribution in [-0.2, 0) is 11.3 Å². The van der Waals surface area contributed by atoms with Gasteiger partial charge in [-0.2, -0.15) is 0 Å². The highest BCUT2D eigenvalue weighted by atomic mass is 16.5. The van der Waals surface area contributed by atoms with Crippen molar-refractivity contribution in [1.82, 2.24) is 0 Å². The van der Waals surface area contributed by atoms with Gasteiger partial charge >= 0.3 is 0 Å². The van der Waals surface area contributed by atoms with Gasteiger partial charge in [0.25, 0.3) is 0 Å². The summed E-state index contributed by atoms with van der Waals surface area (Å²) in [6.07, 6.45) is 2.92. The minimum absolute atomic E-state index is 0.119. The summed E-state index contributed by atoms with van der Waals surface area (Å²) < 4.78 is 5.92. The maximum atomic E-state index is 9.53. The van der Waals surface area contributed by atoms with Crippen molar-refractivity contribution in [1.29, 1.82) is 0 Å². The molecule has 88 valence electrons. The molecule has 2 rings (SSSR count). The van der Waals surface area contributed by atoms with Crippen LogP contribution in [-0.4, -0.2) is 17.3 Å². The average Bonchev–Trinajstić information content (AvgIpc) is 2.29. The lowest BCUT2D eigenvalue weighted by atomic mass is 9.86. The number of aliphatic hydroxyl groups is 1. The van der Waals surface area contributed by atoms with Gasteiger partial charge < -0.3 is 9.84 Å². The summed E-state index contributed by atoms with van der Waals surface area (Å²) >= 11 is 0. The Morgan fingerprint density at radius 1 is 1.25 bits per heavy atom. The summed E-state index contributed by atoms with van der Waals surface area (Å²) in [4.78, 5) is 0. The highest BCUT2D eigenvalue weighted by Gasteiger charge is 2.26. The first-order chi connectivity index (χ1) is 7.75. The zero-order valence-corrected chi connectivity index (χ0v) is 9.80. The van der Waals surface area contributed by atoms with Crippen molar-refractivity contribution >= 4 is 0 Å². The summed E-state index contributed by atoms with van der Waals surface area (Å²) in [6.45, 7) is 2.85. The minimum atomic E-state index is -0.119. The SMILES string of the molecule is CC1CC(O)CCC1OCc1ccccc1. The Labute approximate surface area is 97.3 Å². The second-order valence-corrected chi connectivity index (χ2v) is 4.78. The average molecular weight is 220 g/mol. The quantitative estimate of drug-likeness (QED) is 0.848. The van der Waals surface area contributed by atoms with E-state index in [1.807, 2.05) is 18.2 Å². The van der Waals surface area contributed by atoms with E-state index in [4.69, 9.17) is 4.74 Å². The molecule has 1 aromatic rings. The summed E-state index contributed by atoms with van der Waals surface area (Å²) in [5, 5.41) is 9.53. The number of rotatable bonds is 3. The Hall–Kier alpha value is -0.860. The van der Waals surface area contributed by atoms with E-state index in [0.29, 0.717) is 18.6 Å². The third-order valence-corrected chi connectivity index (χ3v) is 3.37. The summed E-state index contributed by atoms with van der Waals surface area (Å²) in [7, 11) is 0. The lowest BCUT2D eigenvalue weighted by Gasteiger charge is -2.31. The Morgan fingerprint density at radius 3 is 2.69 bits per heavy atom. The molecule has 3 unspecified atom stereocenters. The molecule has 0 radical (unpaired) electrons. The lowest BCUT2D eigenvalue weighted by Crippen LogP contribution is -2.31. The number of aliphatic hydroxyl groups excluding tert-OH is 1. The predicted molar refractivity (Wildman–Crippen MR) is 64.0 cm³/mol. The molecular formula is C14H20O2. The Morgan fingerprint density at radius 2 is 2.00 bits per heavy atom. The summed E-state index contributed by atoms with van der Waals surface area (Å²) in [6, 6.07) is 10.3. The molecular weight excluding hydrogens is 200 g/mol. The van der Waals surface area contributed by atoms with E-state index in [-0.39, 0.29) is 6.10 Å². The normalized spacial score (nSPS) is 30.2. The fourth-order valence-electron chi connectivity index (χ4n) is 2.37. The first-order valence-corrected chi connectivity index (χ1v) is 6.09. The van der Waals surface area contributed by atoms with Gasteiger partial charge in [0.15, 0.2) is 0 Å². The van der Waals surface area contributed by atoms with Crippen LogP contribution in [0.1, 0.15) is 31.7 Å². The molecule has 1 saturated carbocycles. The molecule has 1 aliphatic carbocycles.